The van der Waals surface area contributed by atoms with Crippen molar-refractivity contribution >= 4 is 27.4 Å². The fourth-order valence-corrected chi connectivity index (χ4v) is 4.07. The molecule has 2 heterocycles. The van der Waals surface area contributed by atoms with Gasteiger partial charge in [-0.25, -0.2) is 27.8 Å². The second-order valence-electron chi connectivity index (χ2n) is 6.22. The zero-order chi connectivity index (χ0) is 21.0. The van der Waals surface area contributed by atoms with Gasteiger partial charge in [-0.2, -0.15) is 5.10 Å². The molecule has 3 aromatic rings. The summed E-state index contributed by atoms with van der Waals surface area (Å²) in [6.45, 7) is 4.34. The molecular weight excluding hydrogens is 416 g/mol. The summed E-state index contributed by atoms with van der Waals surface area (Å²) in [4.78, 5) is 8.45. The molecule has 0 saturated carbocycles. The van der Waals surface area contributed by atoms with Crippen molar-refractivity contribution in [1.29, 1.82) is 0 Å². The monoisotopic (exact) mass is 436 g/mol. The Morgan fingerprint density at radius 1 is 1.14 bits per heavy atom. The van der Waals surface area contributed by atoms with Crippen LogP contribution in [0.15, 0.2) is 41.6 Å². The third-order valence-corrected chi connectivity index (χ3v) is 5.79. The van der Waals surface area contributed by atoms with Crippen LogP contribution in [0, 0.1) is 13.8 Å². The van der Waals surface area contributed by atoms with Gasteiger partial charge in [0.1, 0.15) is 17.9 Å². The lowest BCUT2D eigenvalue weighted by atomic mass is 10.3. The number of aromatic nitrogens is 4. The number of halogens is 1. The van der Waals surface area contributed by atoms with Crippen molar-refractivity contribution in [1.82, 2.24) is 24.5 Å². The summed E-state index contributed by atoms with van der Waals surface area (Å²) < 4.78 is 34.1. The molecular formula is C18H21ClN6O3S. The Morgan fingerprint density at radius 3 is 2.59 bits per heavy atom. The second-order valence-corrected chi connectivity index (χ2v) is 8.40. The van der Waals surface area contributed by atoms with Gasteiger partial charge >= 0.3 is 0 Å². The molecule has 11 heteroatoms. The summed E-state index contributed by atoms with van der Waals surface area (Å²) in [5.41, 5.74) is 1.85. The summed E-state index contributed by atoms with van der Waals surface area (Å²) in [6, 6.07) is 8.00. The van der Waals surface area contributed by atoms with E-state index in [-0.39, 0.29) is 16.5 Å². The SMILES string of the molecule is COc1ccc(S(=O)(=O)NCCNc2cc(-n3nc(C)cc3C)ncn2)cc1Cl. The number of sulfonamides is 1. The van der Waals surface area contributed by atoms with Crippen LogP contribution in [0.2, 0.25) is 5.02 Å². The maximum atomic E-state index is 12.4. The molecule has 0 amide bonds. The van der Waals surface area contributed by atoms with Gasteiger partial charge in [-0.1, -0.05) is 11.6 Å². The Labute approximate surface area is 174 Å². The van der Waals surface area contributed by atoms with Gasteiger partial charge in [-0.3, -0.25) is 0 Å². The third-order valence-electron chi connectivity index (χ3n) is 4.04. The summed E-state index contributed by atoms with van der Waals surface area (Å²) in [7, 11) is -2.23. The lowest BCUT2D eigenvalue weighted by Crippen LogP contribution is -2.29. The van der Waals surface area contributed by atoms with E-state index in [4.69, 9.17) is 16.3 Å². The van der Waals surface area contributed by atoms with Crippen molar-refractivity contribution in [2.24, 2.45) is 0 Å². The Hall–Kier alpha value is -2.69. The number of rotatable bonds is 8. The maximum absolute atomic E-state index is 12.4. The van der Waals surface area contributed by atoms with Crippen molar-refractivity contribution in [2.45, 2.75) is 18.7 Å². The molecule has 29 heavy (non-hydrogen) atoms. The topological polar surface area (TPSA) is 111 Å². The van der Waals surface area contributed by atoms with Crippen LogP contribution in [-0.4, -0.2) is 48.4 Å². The normalized spacial score (nSPS) is 11.4. The van der Waals surface area contributed by atoms with Crippen molar-refractivity contribution in [3.63, 3.8) is 0 Å². The van der Waals surface area contributed by atoms with Gasteiger partial charge in [-0.05, 0) is 38.1 Å². The summed E-state index contributed by atoms with van der Waals surface area (Å²) in [5, 5.41) is 7.69. The molecule has 1 aromatic carbocycles. The number of ether oxygens (including phenoxy) is 1. The van der Waals surface area contributed by atoms with E-state index < -0.39 is 10.0 Å². The minimum Gasteiger partial charge on any atom is -0.495 e. The van der Waals surface area contributed by atoms with Gasteiger partial charge in [0.25, 0.3) is 0 Å². The average Bonchev–Trinajstić information content (AvgIpc) is 3.03. The van der Waals surface area contributed by atoms with Crippen LogP contribution >= 0.6 is 11.6 Å². The molecule has 0 radical (unpaired) electrons. The van der Waals surface area contributed by atoms with Gasteiger partial charge in [-0.15, -0.1) is 0 Å². The molecule has 0 spiro atoms. The Bertz CT molecular complexity index is 1120. The van der Waals surface area contributed by atoms with Crippen LogP contribution in [0.3, 0.4) is 0 Å². The van der Waals surface area contributed by atoms with Crippen LogP contribution in [0.25, 0.3) is 5.82 Å². The van der Waals surface area contributed by atoms with Gasteiger partial charge in [0, 0.05) is 24.8 Å². The lowest BCUT2D eigenvalue weighted by Gasteiger charge is -2.10. The van der Waals surface area contributed by atoms with Gasteiger partial charge < -0.3 is 10.1 Å². The van der Waals surface area contributed by atoms with E-state index in [2.05, 4.69) is 25.1 Å². The van der Waals surface area contributed by atoms with E-state index in [9.17, 15) is 8.42 Å². The number of methoxy groups -OCH3 is 1. The van der Waals surface area contributed by atoms with Gasteiger partial charge in [0.05, 0.1) is 22.7 Å². The number of anilines is 1. The smallest absolute Gasteiger partial charge is 0.240 e. The number of hydrogen-bond acceptors (Lipinski definition) is 7. The maximum Gasteiger partial charge on any atom is 0.240 e. The molecule has 0 saturated heterocycles. The fraction of sp³-hybridized carbons (Fsp3) is 0.278. The lowest BCUT2D eigenvalue weighted by molar-refractivity contribution is 0.414. The Balaban J connectivity index is 1.60. The molecule has 2 N–H and O–H groups in total. The standard InChI is InChI=1S/C18H21ClN6O3S/c1-12-8-13(2)25(24-12)18-10-17(21-11-22-18)20-6-7-23-29(26,27)14-4-5-16(28-3)15(19)9-14/h4-5,8-11,23H,6-7H2,1-3H3,(H,20,21,22). The quantitative estimate of drug-likeness (QED) is 0.521. The first-order valence-corrected chi connectivity index (χ1v) is 10.6. The number of nitrogens with zero attached hydrogens (tertiary/aromatic N) is 4. The highest BCUT2D eigenvalue weighted by Gasteiger charge is 2.15. The van der Waals surface area contributed by atoms with Crippen LogP contribution in [0.5, 0.6) is 5.75 Å². The van der Waals surface area contributed by atoms with Gasteiger partial charge in [0.15, 0.2) is 5.82 Å². The van der Waals surface area contributed by atoms with E-state index in [1.54, 1.807) is 10.7 Å². The van der Waals surface area contributed by atoms with Crippen molar-refractivity contribution in [2.75, 3.05) is 25.5 Å². The highest BCUT2D eigenvalue weighted by Crippen LogP contribution is 2.26. The fourth-order valence-electron chi connectivity index (χ4n) is 2.69. The van der Waals surface area contributed by atoms with Crippen LogP contribution in [-0.2, 0) is 10.0 Å². The van der Waals surface area contributed by atoms with Crippen LogP contribution in [0.4, 0.5) is 5.82 Å². The van der Waals surface area contributed by atoms with E-state index in [0.717, 1.165) is 11.4 Å². The molecule has 0 atom stereocenters. The predicted octanol–water partition coefficient (Wildman–Crippen LogP) is 2.33. The average molecular weight is 437 g/mol. The van der Waals surface area contributed by atoms with E-state index in [1.165, 1.54) is 31.6 Å². The highest BCUT2D eigenvalue weighted by molar-refractivity contribution is 7.89. The van der Waals surface area contributed by atoms with E-state index in [1.807, 2.05) is 19.9 Å². The zero-order valence-corrected chi connectivity index (χ0v) is 17.8. The Morgan fingerprint density at radius 2 is 1.93 bits per heavy atom. The summed E-state index contributed by atoms with van der Waals surface area (Å²) >= 11 is 6.00. The largest absolute Gasteiger partial charge is 0.495 e. The molecule has 0 aliphatic carbocycles. The van der Waals surface area contributed by atoms with E-state index >= 15 is 0 Å². The Kier molecular flexibility index (Phi) is 6.36. The van der Waals surface area contributed by atoms with Crippen molar-refractivity contribution in [3.05, 3.63) is 53.1 Å². The highest BCUT2D eigenvalue weighted by atomic mass is 35.5. The minimum absolute atomic E-state index is 0.0668. The van der Waals surface area contributed by atoms with Crippen molar-refractivity contribution in [3.8, 4) is 11.6 Å². The predicted molar refractivity (Wildman–Crippen MR) is 110 cm³/mol. The molecule has 3 rings (SSSR count). The van der Waals surface area contributed by atoms with E-state index in [0.29, 0.717) is 23.9 Å². The first-order valence-electron chi connectivity index (χ1n) is 8.73. The molecule has 2 aromatic heterocycles. The first-order chi connectivity index (χ1) is 13.8. The molecule has 0 unspecified atom stereocenters. The molecule has 154 valence electrons. The second kappa shape index (κ2) is 8.76. The molecule has 0 aliphatic heterocycles. The molecule has 0 aliphatic rings. The zero-order valence-electron chi connectivity index (χ0n) is 16.2. The van der Waals surface area contributed by atoms with Crippen LogP contribution in [0.1, 0.15) is 11.4 Å². The molecule has 0 bridgehead atoms. The first kappa shape index (κ1) is 21.0. The van der Waals surface area contributed by atoms with Crippen molar-refractivity contribution < 1.29 is 13.2 Å². The number of aryl methyl sites for hydroxylation is 2. The number of nitrogens with one attached hydrogen (secondary N) is 2. The minimum atomic E-state index is -3.69. The summed E-state index contributed by atoms with van der Waals surface area (Å²) in [5.74, 6) is 1.60. The number of hydrogen-bond donors (Lipinski definition) is 2. The van der Waals surface area contributed by atoms with Crippen LogP contribution < -0.4 is 14.8 Å². The summed E-state index contributed by atoms with van der Waals surface area (Å²) in [6.07, 6.45) is 1.43. The third kappa shape index (κ3) is 5.03. The van der Waals surface area contributed by atoms with Gasteiger partial charge in [0.2, 0.25) is 10.0 Å². The number of benzene rings is 1. The molecule has 9 nitrogen and oxygen atoms in total. The molecule has 0 fully saturated rings.